The van der Waals surface area contributed by atoms with Crippen LogP contribution in [0.25, 0.3) is 10.2 Å². The maximum atomic E-state index is 12.5. The summed E-state index contributed by atoms with van der Waals surface area (Å²) in [4.78, 5) is 4.16. The third-order valence-corrected chi connectivity index (χ3v) is 5.49. The first-order chi connectivity index (χ1) is 9.88. The molecule has 0 aliphatic rings. The summed E-state index contributed by atoms with van der Waals surface area (Å²) in [5.74, 6) is -0.0126. The van der Waals surface area contributed by atoms with Crippen LogP contribution in [0.3, 0.4) is 0 Å². The monoisotopic (exact) mass is 323 g/mol. The average molecular weight is 323 g/mol. The van der Waals surface area contributed by atoms with Crippen molar-refractivity contribution in [2.45, 2.75) is 11.8 Å². The van der Waals surface area contributed by atoms with Crippen LogP contribution in [0.5, 0.6) is 0 Å². The van der Waals surface area contributed by atoms with Crippen LogP contribution in [0.15, 0.2) is 28.6 Å². The van der Waals surface area contributed by atoms with E-state index in [-0.39, 0.29) is 10.7 Å². The molecule has 0 radical (unpaired) electrons. The van der Waals surface area contributed by atoms with E-state index in [9.17, 15) is 8.42 Å². The SMILES string of the molecule is Cc1c(S(=O)(=O)Nc2ccc3ncsc3c2)c(N)nn1C. The molecule has 0 amide bonds. The Morgan fingerprint density at radius 1 is 1.38 bits per heavy atom. The van der Waals surface area contributed by atoms with Gasteiger partial charge in [-0.1, -0.05) is 0 Å². The van der Waals surface area contributed by atoms with E-state index in [1.807, 2.05) is 0 Å². The Morgan fingerprint density at radius 2 is 2.14 bits per heavy atom. The van der Waals surface area contributed by atoms with Crippen molar-refractivity contribution >= 4 is 43.1 Å². The van der Waals surface area contributed by atoms with Gasteiger partial charge in [0.25, 0.3) is 10.0 Å². The molecule has 3 aromatic rings. The number of benzene rings is 1. The molecule has 0 aliphatic heterocycles. The van der Waals surface area contributed by atoms with Gasteiger partial charge in [-0.05, 0) is 25.1 Å². The van der Waals surface area contributed by atoms with E-state index >= 15 is 0 Å². The van der Waals surface area contributed by atoms with Crippen molar-refractivity contribution in [2.24, 2.45) is 7.05 Å². The van der Waals surface area contributed by atoms with E-state index in [0.29, 0.717) is 11.4 Å². The van der Waals surface area contributed by atoms with Crippen LogP contribution >= 0.6 is 11.3 Å². The number of hydrogen-bond donors (Lipinski definition) is 2. The first-order valence-electron chi connectivity index (χ1n) is 6.03. The van der Waals surface area contributed by atoms with Crippen LogP contribution < -0.4 is 10.5 Å². The molecular formula is C12H13N5O2S2. The molecule has 9 heteroatoms. The third kappa shape index (κ3) is 2.34. The lowest BCUT2D eigenvalue weighted by Crippen LogP contribution is -2.15. The number of hydrogen-bond acceptors (Lipinski definition) is 6. The summed E-state index contributed by atoms with van der Waals surface area (Å²) in [6.45, 7) is 1.66. The molecule has 0 fully saturated rings. The normalized spacial score (nSPS) is 11.9. The van der Waals surface area contributed by atoms with Crippen LogP contribution in [-0.4, -0.2) is 23.2 Å². The largest absolute Gasteiger partial charge is 0.381 e. The van der Waals surface area contributed by atoms with E-state index in [1.165, 1.54) is 16.0 Å². The molecule has 0 spiro atoms. The molecule has 0 saturated heterocycles. The topological polar surface area (TPSA) is 103 Å². The minimum atomic E-state index is -3.78. The van der Waals surface area contributed by atoms with Crippen molar-refractivity contribution in [3.05, 3.63) is 29.4 Å². The number of rotatable bonds is 3. The van der Waals surface area contributed by atoms with Gasteiger partial charge >= 0.3 is 0 Å². The Labute approximate surface area is 125 Å². The molecule has 2 aromatic heterocycles. The van der Waals surface area contributed by atoms with Gasteiger partial charge in [-0.3, -0.25) is 9.40 Å². The summed E-state index contributed by atoms with van der Waals surface area (Å²) in [6.07, 6.45) is 0. The molecule has 21 heavy (non-hydrogen) atoms. The Kier molecular flexibility index (Phi) is 3.10. The second-order valence-corrected chi connectivity index (χ2v) is 7.07. The van der Waals surface area contributed by atoms with Gasteiger partial charge in [0.1, 0.15) is 0 Å². The second-order valence-electron chi connectivity index (χ2n) is 4.56. The lowest BCUT2D eigenvalue weighted by atomic mass is 10.3. The van der Waals surface area contributed by atoms with E-state index < -0.39 is 10.0 Å². The smallest absolute Gasteiger partial charge is 0.267 e. The Balaban J connectivity index is 2.02. The number of sulfonamides is 1. The van der Waals surface area contributed by atoms with Crippen molar-refractivity contribution in [1.29, 1.82) is 0 Å². The zero-order valence-corrected chi connectivity index (χ0v) is 13.0. The average Bonchev–Trinajstić information content (AvgIpc) is 2.94. The van der Waals surface area contributed by atoms with Gasteiger partial charge in [0.15, 0.2) is 10.7 Å². The molecule has 3 N–H and O–H groups in total. The van der Waals surface area contributed by atoms with Gasteiger partial charge < -0.3 is 5.73 Å². The first kappa shape index (κ1) is 13.8. The van der Waals surface area contributed by atoms with E-state index in [4.69, 9.17) is 5.73 Å². The van der Waals surface area contributed by atoms with E-state index in [0.717, 1.165) is 10.2 Å². The zero-order valence-electron chi connectivity index (χ0n) is 11.4. The fourth-order valence-electron chi connectivity index (χ4n) is 2.07. The predicted octanol–water partition coefficient (Wildman–Crippen LogP) is 1.72. The van der Waals surface area contributed by atoms with Crippen molar-refractivity contribution in [3.63, 3.8) is 0 Å². The molecule has 2 heterocycles. The standard InChI is InChI=1S/C12H13N5O2S2/c1-7-11(12(13)15-17(7)2)21(18,19)16-8-3-4-9-10(5-8)20-6-14-9/h3-6,16H,1-2H3,(H2,13,15). The maximum absolute atomic E-state index is 12.5. The molecule has 110 valence electrons. The maximum Gasteiger partial charge on any atom is 0.267 e. The minimum Gasteiger partial charge on any atom is -0.381 e. The number of thiazole rings is 1. The predicted molar refractivity (Wildman–Crippen MR) is 82.8 cm³/mol. The molecule has 0 aliphatic carbocycles. The first-order valence-corrected chi connectivity index (χ1v) is 8.40. The Bertz CT molecular complexity index is 926. The summed E-state index contributed by atoms with van der Waals surface area (Å²) in [7, 11) is -2.13. The quantitative estimate of drug-likeness (QED) is 0.764. The van der Waals surface area contributed by atoms with Crippen molar-refractivity contribution in [1.82, 2.24) is 14.8 Å². The van der Waals surface area contributed by atoms with E-state index in [1.54, 1.807) is 37.7 Å². The summed E-state index contributed by atoms with van der Waals surface area (Å²) < 4.78 is 29.8. The number of nitrogens with two attached hydrogens (primary N) is 1. The molecule has 3 rings (SSSR count). The second kappa shape index (κ2) is 4.71. The summed E-state index contributed by atoms with van der Waals surface area (Å²) >= 11 is 1.45. The van der Waals surface area contributed by atoms with Crippen molar-refractivity contribution < 1.29 is 8.42 Å². The molecule has 0 bridgehead atoms. The molecule has 0 unspecified atom stereocenters. The Morgan fingerprint density at radius 3 is 2.81 bits per heavy atom. The molecule has 1 aromatic carbocycles. The fraction of sp³-hybridized carbons (Fsp3) is 0.167. The molecular weight excluding hydrogens is 310 g/mol. The van der Waals surface area contributed by atoms with Crippen molar-refractivity contribution in [3.8, 4) is 0 Å². The number of aryl methyl sites for hydroxylation is 1. The lowest BCUT2D eigenvalue weighted by Gasteiger charge is -2.08. The molecule has 0 atom stereocenters. The van der Waals surface area contributed by atoms with Gasteiger partial charge in [-0.2, -0.15) is 5.10 Å². The van der Waals surface area contributed by atoms with E-state index in [2.05, 4.69) is 14.8 Å². The summed E-state index contributed by atoms with van der Waals surface area (Å²) in [5, 5.41) is 3.93. The zero-order chi connectivity index (χ0) is 15.2. The van der Waals surface area contributed by atoms with Gasteiger partial charge in [0.2, 0.25) is 0 Å². The van der Waals surface area contributed by atoms with Gasteiger partial charge in [-0.25, -0.2) is 13.4 Å². The summed E-state index contributed by atoms with van der Waals surface area (Å²) in [6, 6.07) is 5.18. The number of nitrogens with zero attached hydrogens (tertiary/aromatic N) is 3. The van der Waals surface area contributed by atoms with Gasteiger partial charge in [0.05, 0.1) is 27.1 Å². The third-order valence-electron chi connectivity index (χ3n) is 3.16. The fourth-order valence-corrected chi connectivity index (χ4v) is 4.16. The molecule has 7 nitrogen and oxygen atoms in total. The highest BCUT2D eigenvalue weighted by Gasteiger charge is 2.24. The number of anilines is 2. The molecule has 0 saturated carbocycles. The number of nitrogens with one attached hydrogen (secondary N) is 1. The van der Waals surface area contributed by atoms with Crippen LogP contribution in [0, 0.1) is 6.92 Å². The number of nitrogen functional groups attached to an aromatic ring is 1. The highest BCUT2D eigenvalue weighted by atomic mass is 32.2. The van der Waals surface area contributed by atoms with Crippen LogP contribution in [0.1, 0.15) is 5.69 Å². The summed E-state index contributed by atoms with van der Waals surface area (Å²) in [5.41, 5.74) is 9.20. The van der Waals surface area contributed by atoms with Crippen LogP contribution in [-0.2, 0) is 17.1 Å². The van der Waals surface area contributed by atoms with Crippen molar-refractivity contribution in [2.75, 3.05) is 10.5 Å². The number of fused-ring (bicyclic) bond motifs is 1. The van der Waals surface area contributed by atoms with Crippen LogP contribution in [0.4, 0.5) is 11.5 Å². The van der Waals surface area contributed by atoms with Gasteiger partial charge in [-0.15, -0.1) is 11.3 Å². The minimum absolute atomic E-state index is 0.00871. The lowest BCUT2D eigenvalue weighted by molar-refractivity contribution is 0.600. The highest BCUT2D eigenvalue weighted by Crippen LogP contribution is 2.26. The highest BCUT2D eigenvalue weighted by molar-refractivity contribution is 7.93. The Hall–Kier alpha value is -2.13. The number of aromatic nitrogens is 3. The van der Waals surface area contributed by atoms with Crippen LogP contribution in [0.2, 0.25) is 0 Å². The van der Waals surface area contributed by atoms with Gasteiger partial charge in [0, 0.05) is 7.05 Å².